The molecule has 2 fully saturated rings. The zero-order chi connectivity index (χ0) is 28.5. The summed E-state index contributed by atoms with van der Waals surface area (Å²) in [5.74, 6) is 0. The van der Waals surface area contributed by atoms with Gasteiger partial charge in [0.05, 0.1) is 30.2 Å². The van der Waals surface area contributed by atoms with Crippen molar-refractivity contribution in [1.82, 2.24) is 24.3 Å². The number of rotatable bonds is 4. The molecule has 0 aliphatic carbocycles. The van der Waals surface area contributed by atoms with Gasteiger partial charge in [-0.15, -0.1) is 0 Å². The minimum atomic E-state index is -1.25. The molecule has 2 aliphatic rings. The van der Waals surface area contributed by atoms with Crippen LogP contribution in [0.25, 0.3) is 11.3 Å². The number of aliphatic hydroxyl groups is 1. The third-order valence-corrected chi connectivity index (χ3v) is 8.37. The maximum atomic E-state index is 13.8. The largest absolute Gasteiger partial charge is 0.465 e. The predicted molar refractivity (Wildman–Crippen MR) is 150 cm³/mol. The number of carboxylic acid groups (broad SMARTS) is 1. The standard InChI is InChI=1S/C30H35N5O5/c1-29(2)19-33(27(37)35-16-15-32(28(38)39)18-25(35)23-11-7-4-8-12-23)14-13-30(29,40)20-34-21-31-24(17-26(34)36)22-9-5-3-6-10-22/h3-12,17,21,25,40H,13-16,18-20H2,1-2H3,(H,38,39)/t25-,30+/m0/s1. The van der Waals surface area contributed by atoms with Crippen LogP contribution < -0.4 is 5.56 Å². The SMILES string of the molecule is CC1(C)CN(C(=O)N2CCN(C(=O)O)C[C@H]2c2ccccc2)CC[C@@]1(O)Cn1cnc(-c2ccccc2)cc1=O. The molecule has 5 rings (SSSR count). The van der Waals surface area contributed by atoms with Gasteiger partial charge in [0.2, 0.25) is 0 Å². The first-order valence-corrected chi connectivity index (χ1v) is 13.5. The Morgan fingerprint density at radius 3 is 2.27 bits per heavy atom. The van der Waals surface area contributed by atoms with Crippen molar-refractivity contribution in [3.63, 3.8) is 0 Å². The normalized spacial score (nSPS) is 22.7. The third-order valence-electron chi connectivity index (χ3n) is 8.37. The third kappa shape index (κ3) is 5.31. The number of nitrogens with zero attached hydrogens (tertiary/aromatic N) is 5. The molecule has 2 atom stereocenters. The first-order valence-electron chi connectivity index (χ1n) is 13.5. The van der Waals surface area contributed by atoms with Crippen molar-refractivity contribution in [1.29, 1.82) is 0 Å². The predicted octanol–water partition coefficient (Wildman–Crippen LogP) is 3.53. The van der Waals surface area contributed by atoms with Crippen LogP contribution in [-0.4, -0.2) is 84.9 Å². The minimum Gasteiger partial charge on any atom is -0.465 e. The van der Waals surface area contributed by atoms with Crippen molar-refractivity contribution < 1.29 is 19.8 Å². The van der Waals surface area contributed by atoms with Gasteiger partial charge in [-0.1, -0.05) is 74.5 Å². The molecule has 0 unspecified atom stereocenters. The van der Waals surface area contributed by atoms with Crippen molar-refractivity contribution in [3.8, 4) is 11.3 Å². The second-order valence-corrected chi connectivity index (χ2v) is 11.3. The zero-order valence-electron chi connectivity index (χ0n) is 22.8. The van der Waals surface area contributed by atoms with Gasteiger partial charge in [-0.25, -0.2) is 14.6 Å². The van der Waals surface area contributed by atoms with E-state index in [0.29, 0.717) is 12.2 Å². The molecule has 2 aliphatic heterocycles. The van der Waals surface area contributed by atoms with Crippen LogP contribution in [0.4, 0.5) is 9.59 Å². The Balaban J connectivity index is 1.32. The molecule has 0 bridgehead atoms. The lowest BCUT2D eigenvalue weighted by atomic mass is 9.70. The lowest BCUT2D eigenvalue weighted by Gasteiger charge is -2.52. The van der Waals surface area contributed by atoms with Crippen LogP contribution >= 0.6 is 0 Å². The highest BCUT2D eigenvalue weighted by atomic mass is 16.4. The van der Waals surface area contributed by atoms with Crippen molar-refractivity contribution in [2.24, 2.45) is 5.41 Å². The van der Waals surface area contributed by atoms with E-state index in [0.717, 1.165) is 11.1 Å². The van der Waals surface area contributed by atoms with E-state index in [-0.39, 0.29) is 50.7 Å². The van der Waals surface area contributed by atoms with Gasteiger partial charge in [-0.2, -0.15) is 0 Å². The average Bonchev–Trinajstić information content (AvgIpc) is 2.96. The maximum Gasteiger partial charge on any atom is 0.407 e. The van der Waals surface area contributed by atoms with Gasteiger partial charge in [0.15, 0.2) is 0 Å². The highest BCUT2D eigenvalue weighted by Gasteiger charge is 2.50. The Morgan fingerprint density at radius 2 is 1.65 bits per heavy atom. The molecular weight excluding hydrogens is 510 g/mol. The fourth-order valence-electron chi connectivity index (χ4n) is 5.74. The van der Waals surface area contributed by atoms with Gasteiger partial charge >= 0.3 is 12.1 Å². The second-order valence-electron chi connectivity index (χ2n) is 11.3. The summed E-state index contributed by atoms with van der Waals surface area (Å²) >= 11 is 0. The molecule has 10 heteroatoms. The molecule has 0 radical (unpaired) electrons. The summed E-state index contributed by atoms with van der Waals surface area (Å²) in [4.78, 5) is 47.8. The molecule has 210 valence electrons. The van der Waals surface area contributed by atoms with E-state index in [4.69, 9.17) is 0 Å². The topological polar surface area (TPSA) is 119 Å². The Labute approximate surface area is 233 Å². The highest BCUT2D eigenvalue weighted by Crippen LogP contribution is 2.40. The zero-order valence-corrected chi connectivity index (χ0v) is 22.8. The molecule has 1 aromatic heterocycles. The van der Waals surface area contributed by atoms with Crippen LogP contribution in [0.3, 0.4) is 0 Å². The number of likely N-dealkylation sites (tertiary alicyclic amines) is 1. The molecule has 0 saturated carbocycles. The van der Waals surface area contributed by atoms with Crippen molar-refractivity contribution in [2.75, 3.05) is 32.7 Å². The summed E-state index contributed by atoms with van der Waals surface area (Å²) in [7, 11) is 0. The average molecular weight is 546 g/mol. The van der Waals surface area contributed by atoms with Crippen LogP contribution in [0.15, 0.2) is 77.9 Å². The molecular formula is C30H35N5O5. The van der Waals surface area contributed by atoms with E-state index in [9.17, 15) is 24.6 Å². The monoisotopic (exact) mass is 545 g/mol. The van der Waals surface area contributed by atoms with Crippen molar-refractivity contribution >= 4 is 12.1 Å². The molecule has 0 spiro atoms. The van der Waals surface area contributed by atoms with E-state index in [2.05, 4.69) is 4.98 Å². The second kappa shape index (κ2) is 10.8. The van der Waals surface area contributed by atoms with Crippen LogP contribution in [0, 0.1) is 5.41 Å². The first-order chi connectivity index (χ1) is 19.1. The molecule has 2 saturated heterocycles. The quantitative estimate of drug-likeness (QED) is 0.518. The van der Waals surface area contributed by atoms with Crippen LogP contribution in [-0.2, 0) is 6.54 Å². The lowest BCUT2D eigenvalue weighted by molar-refractivity contribution is -0.123. The van der Waals surface area contributed by atoms with E-state index < -0.39 is 23.2 Å². The summed E-state index contributed by atoms with van der Waals surface area (Å²) in [6.07, 6.45) is 0.755. The summed E-state index contributed by atoms with van der Waals surface area (Å²) in [5.41, 5.74) is 0.0626. The summed E-state index contributed by atoms with van der Waals surface area (Å²) in [5, 5.41) is 21.4. The number of piperidine rings is 1. The summed E-state index contributed by atoms with van der Waals surface area (Å²) < 4.78 is 1.43. The number of piperazine rings is 1. The summed E-state index contributed by atoms with van der Waals surface area (Å²) in [6, 6.07) is 19.8. The molecule has 3 amide bonds. The van der Waals surface area contributed by atoms with Gasteiger partial charge in [-0.05, 0) is 12.0 Å². The molecule has 40 heavy (non-hydrogen) atoms. The van der Waals surface area contributed by atoms with Gasteiger partial charge < -0.3 is 24.9 Å². The molecule has 2 N–H and O–H groups in total. The van der Waals surface area contributed by atoms with Crippen LogP contribution in [0.5, 0.6) is 0 Å². The lowest BCUT2D eigenvalue weighted by Crippen LogP contribution is -2.63. The Hall–Kier alpha value is -4.18. The van der Waals surface area contributed by atoms with E-state index >= 15 is 0 Å². The fraction of sp³-hybridized carbons (Fsp3) is 0.400. The number of hydrogen-bond donors (Lipinski definition) is 2. The molecule has 10 nitrogen and oxygen atoms in total. The van der Waals surface area contributed by atoms with E-state index in [1.54, 1.807) is 9.80 Å². The maximum absolute atomic E-state index is 13.8. The highest BCUT2D eigenvalue weighted by molar-refractivity contribution is 5.76. The molecule has 3 aromatic rings. The fourth-order valence-corrected chi connectivity index (χ4v) is 5.74. The Kier molecular flexibility index (Phi) is 7.37. The van der Waals surface area contributed by atoms with Gasteiger partial charge in [0, 0.05) is 49.8 Å². The number of amides is 3. The van der Waals surface area contributed by atoms with Crippen molar-refractivity contribution in [2.45, 2.75) is 38.5 Å². The first kappa shape index (κ1) is 27.4. The van der Waals surface area contributed by atoms with Crippen molar-refractivity contribution in [3.05, 3.63) is 89.0 Å². The number of hydrogen-bond acceptors (Lipinski definition) is 5. The smallest absolute Gasteiger partial charge is 0.407 e. The number of carbonyl (C=O) groups is 2. The molecule has 3 heterocycles. The van der Waals surface area contributed by atoms with E-state index in [1.807, 2.05) is 74.5 Å². The van der Waals surface area contributed by atoms with Gasteiger partial charge in [0.25, 0.3) is 5.56 Å². The Morgan fingerprint density at radius 1 is 0.975 bits per heavy atom. The number of urea groups is 1. The number of carbonyl (C=O) groups excluding carboxylic acids is 1. The number of aromatic nitrogens is 2. The van der Waals surface area contributed by atoms with Gasteiger partial charge in [-0.3, -0.25) is 9.36 Å². The van der Waals surface area contributed by atoms with Gasteiger partial charge in [0.1, 0.15) is 0 Å². The minimum absolute atomic E-state index is 0.0624. The number of benzene rings is 2. The summed E-state index contributed by atoms with van der Waals surface area (Å²) in [6.45, 7) is 5.17. The Bertz CT molecular complexity index is 1430. The van der Waals surface area contributed by atoms with E-state index in [1.165, 1.54) is 21.9 Å². The van der Waals surface area contributed by atoms with Crippen LogP contribution in [0.1, 0.15) is 31.9 Å². The van der Waals surface area contributed by atoms with Crippen LogP contribution in [0.2, 0.25) is 0 Å². The molecule has 2 aromatic carbocycles.